The number of carbonyl (C=O) groups is 1. The number of sulfonamides is 1. The van der Waals surface area contributed by atoms with Crippen LogP contribution in [0.3, 0.4) is 0 Å². The molecule has 0 fully saturated rings. The van der Waals surface area contributed by atoms with E-state index in [1.54, 1.807) is 0 Å². The molecule has 1 aromatic carbocycles. The predicted molar refractivity (Wildman–Crippen MR) is 87.7 cm³/mol. The molecule has 0 atom stereocenters. The molecule has 0 N–H and O–H groups in total. The second-order valence-corrected chi connectivity index (χ2v) is 8.42. The van der Waals surface area contributed by atoms with E-state index in [4.69, 9.17) is 23.2 Å². The Morgan fingerprint density at radius 3 is 2.27 bits per heavy atom. The Balaban J connectivity index is 2.36. The third-order valence-corrected chi connectivity index (χ3v) is 6.45. The van der Waals surface area contributed by atoms with Crippen molar-refractivity contribution in [2.24, 2.45) is 0 Å². The Labute approximate surface area is 142 Å². The van der Waals surface area contributed by atoms with Crippen LogP contribution < -0.4 is 4.31 Å². The van der Waals surface area contributed by atoms with Gasteiger partial charge in [-0.1, -0.05) is 23.2 Å². The van der Waals surface area contributed by atoms with Crippen LogP contribution in [-0.4, -0.2) is 28.5 Å². The minimum absolute atomic E-state index is 0.0521. The molecule has 0 spiro atoms. The number of esters is 1. The van der Waals surface area contributed by atoms with E-state index in [9.17, 15) is 13.2 Å². The number of rotatable bonds is 4. The fourth-order valence-electron chi connectivity index (χ4n) is 1.71. The van der Waals surface area contributed by atoms with Crippen molar-refractivity contribution in [3.05, 3.63) is 44.6 Å². The molecule has 0 saturated heterocycles. The molecule has 0 unspecified atom stereocenters. The van der Waals surface area contributed by atoms with Gasteiger partial charge in [0.15, 0.2) is 0 Å². The second kappa shape index (κ2) is 6.45. The summed E-state index contributed by atoms with van der Waals surface area (Å²) >= 11 is 12.7. The quantitative estimate of drug-likeness (QED) is 0.760. The maximum absolute atomic E-state index is 12.5. The maximum Gasteiger partial charge on any atom is 0.337 e. The van der Waals surface area contributed by atoms with Crippen LogP contribution in [0.2, 0.25) is 8.67 Å². The zero-order chi connectivity index (χ0) is 16.5. The molecule has 2 rings (SSSR count). The van der Waals surface area contributed by atoms with Gasteiger partial charge in [0.25, 0.3) is 10.0 Å². The Kier molecular flexibility index (Phi) is 5.01. The van der Waals surface area contributed by atoms with Gasteiger partial charge in [-0.25, -0.2) is 13.2 Å². The highest BCUT2D eigenvalue weighted by Gasteiger charge is 2.26. The lowest BCUT2D eigenvalue weighted by Gasteiger charge is -2.19. The molecule has 9 heteroatoms. The van der Waals surface area contributed by atoms with Crippen LogP contribution in [-0.2, 0) is 14.8 Å². The molecular formula is C13H11Cl2NO4S2. The summed E-state index contributed by atoms with van der Waals surface area (Å²) in [4.78, 5) is 11.3. The highest BCUT2D eigenvalue weighted by atomic mass is 35.5. The largest absolute Gasteiger partial charge is 0.465 e. The van der Waals surface area contributed by atoms with Crippen LogP contribution in [0.4, 0.5) is 5.69 Å². The second-order valence-electron chi connectivity index (χ2n) is 4.20. The fourth-order valence-corrected chi connectivity index (χ4v) is 5.02. The molecule has 1 aromatic heterocycles. The topological polar surface area (TPSA) is 63.7 Å². The van der Waals surface area contributed by atoms with Crippen molar-refractivity contribution < 1.29 is 17.9 Å². The first-order valence-electron chi connectivity index (χ1n) is 5.89. The summed E-state index contributed by atoms with van der Waals surface area (Å²) in [7, 11) is -1.16. The van der Waals surface area contributed by atoms with Crippen molar-refractivity contribution in [2.45, 2.75) is 4.90 Å². The summed E-state index contributed by atoms with van der Waals surface area (Å²) in [6.07, 6.45) is 0. The number of halogens is 2. The molecule has 22 heavy (non-hydrogen) atoms. The first kappa shape index (κ1) is 17.1. The molecule has 0 saturated carbocycles. The van der Waals surface area contributed by atoms with Gasteiger partial charge >= 0.3 is 5.97 Å². The lowest BCUT2D eigenvalue weighted by Crippen LogP contribution is -2.26. The van der Waals surface area contributed by atoms with Gasteiger partial charge in [0, 0.05) is 7.05 Å². The van der Waals surface area contributed by atoms with Gasteiger partial charge in [-0.15, -0.1) is 11.3 Å². The van der Waals surface area contributed by atoms with Gasteiger partial charge in [0.05, 0.1) is 22.7 Å². The smallest absolute Gasteiger partial charge is 0.337 e. The van der Waals surface area contributed by atoms with Crippen LogP contribution in [0.5, 0.6) is 0 Å². The lowest BCUT2D eigenvalue weighted by atomic mass is 10.2. The van der Waals surface area contributed by atoms with Gasteiger partial charge in [0.1, 0.15) is 9.23 Å². The third-order valence-electron chi connectivity index (χ3n) is 2.92. The van der Waals surface area contributed by atoms with E-state index in [1.165, 1.54) is 44.5 Å². The number of ether oxygens (including phenoxy) is 1. The summed E-state index contributed by atoms with van der Waals surface area (Å²) < 4.78 is 31.1. The predicted octanol–water partition coefficient (Wildman–Crippen LogP) is 3.67. The van der Waals surface area contributed by atoms with E-state index < -0.39 is 16.0 Å². The van der Waals surface area contributed by atoms with Crippen molar-refractivity contribution in [1.82, 2.24) is 0 Å². The third kappa shape index (κ3) is 3.22. The highest BCUT2D eigenvalue weighted by Crippen LogP contribution is 2.36. The average Bonchev–Trinajstić information content (AvgIpc) is 2.85. The molecule has 1 heterocycles. The molecule has 0 amide bonds. The molecular weight excluding hydrogens is 369 g/mol. The number of methoxy groups -OCH3 is 1. The van der Waals surface area contributed by atoms with E-state index in [1.807, 2.05) is 0 Å². The van der Waals surface area contributed by atoms with Crippen LogP contribution in [0.1, 0.15) is 10.4 Å². The minimum Gasteiger partial charge on any atom is -0.465 e. The summed E-state index contributed by atoms with van der Waals surface area (Å²) in [6.45, 7) is 0. The highest BCUT2D eigenvalue weighted by molar-refractivity contribution is 7.93. The standard InChI is InChI=1S/C13H11Cl2NO4S2/c1-16(9-5-3-8(4-6-9)13(17)20-2)22(18,19)10-7-11(14)21-12(10)15/h3-7H,1-2H3. The van der Waals surface area contributed by atoms with Crippen molar-refractivity contribution in [1.29, 1.82) is 0 Å². The van der Waals surface area contributed by atoms with Gasteiger partial charge in [-0.05, 0) is 30.3 Å². The zero-order valence-corrected chi connectivity index (χ0v) is 14.7. The van der Waals surface area contributed by atoms with Gasteiger partial charge in [0.2, 0.25) is 0 Å². The van der Waals surface area contributed by atoms with E-state index in [-0.39, 0.29) is 13.6 Å². The van der Waals surface area contributed by atoms with Crippen molar-refractivity contribution in [3.63, 3.8) is 0 Å². The molecule has 0 bridgehead atoms. The molecule has 0 radical (unpaired) electrons. The van der Waals surface area contributed by atoms with E-state index in [0.29, 0.717) is 11.3 Å². The Bertz CT molecular complexity index is 800. The lowest BCUT2D eigenvalue weighted by molar-refractivity contribution is 0.0601. The Morgan fingerprint density at radius 1 is 1.23 bits per heavy atom. The minimum atomic E-state index is -3.83. The molecule has 118 valence electrons. The molecule has 0 aliphatic carbocycles. The van der Waals surface area contributed by atoms with E-state index in [2.05, 4.69) is 4.74 Å². The molecule has 5 nitrogen and oxygen atoms in total. The van der Waals surface area contributed by atoms with Crippen molar-refractivity contribution in [3.8, 4) is 0 Å². The van der Waals surface area contributed by atoms with Crippen LogP contribution in [0, 0.1) is 0 Å². The van der Waals surface area contributed by atoms with Crippen molar-refractivity contribution >= 4 is 56.2 Å². The number of carbonyl (C=O) groups excluding carboxylic acids is 1. The Hall–Kier alpha value is -1.28. The van der Waals surface area contributed by atoms with Crippen LogP contribution in [0.25, 0.3) is 0 Å². The number of benzene rings is 1. The van der Waals surface area contributed by atoms with Crippen LogP contribution >= 0.6 is 34.5 Å². The first-order valence-corrected chi connectivity index (χ1v) is 8.90. The number of thiophene rings is 1. The molecule has 2 aromatic rings. The van der Waals surface area contributed by atoms with E-state index >= 15 is 0 Å². The number of hydrogen-bond donors (Lipinski definition) is 0. The van der Waals surface area contributed by atoms with Crippen LogP contribution in [0.15, 0.2) is 35.2 Å². The number of anilines is 1. The van der Waals surface area contributed by atoms with E-state index in [0.717, 1.165) is 15.6 Å². The maximum atomic E-state index is 12.5. The van der Waals surface area contributed by atoms with Crippen molar-refractivity contribution in [2.75, 3.05) is 18.5 Å². The SMILES string of the molecule is COC(=O)c1ccc(N(C)S(=O)(=O)c2cc(Cl)sc2Cl)cc1. The normalized spacial score (nSPS) is 11.3. The summed E-state index contributed by atoms with van der Waals surface area (Å²) in [5.74, 6) is -0.496. The van der Waals surface area contributed by atoms with Gasteiger partial charge in [-0.2, -0.15) is 0 Å². The monoisotopic (exact) mass is 379 g/mol. The first-order chi connectivity index (χ1) is 10.3. The average molecular weight is 380 g/mol. The molecule has 0 aliphatic rings. The number of hydrogen-bond acceptors (Lipinski definition) is 5. The Morgan fingerprint density at radius 2 is 1.82 bits per heavy atom. The summed E-state index contributed by atoms with van der Waals surface area (Å²) in [6, 6.07) is 7.28. The fraction of sp³-hybridized carbons (Fsp3) is 0.154. The number of nitrogens with zero attached hydrogens (tertiary/aromatic N) is 1. The summed E-state index contributed by atoms with van der Waals surface area (Å²) in [5, 5.41) is 0. The zero-order valence-electron chi connectivity index (χ0n) is 11.5. The molecule has 0 aliphatic heterocycles. The van der Waals surface area contributed by atoms with Gasteiger partial charge in [-0.3, -0.25) is 4.31 Å². The summed E-state index contributed by atoms with van der Waals surface area (Å²) in [5.41, 5.74) is 0.708. The van der Waals surface area contributed by atoms with Gasteiger partial charge < -0.3 is 4.74 Å².